The number of hydrogen-bond donors (Lipinski definition) is 2. The van der Waals surface area contributed by atoms with Crippen LogP contribution in [-0.2, 0) is 32.9 Å². The van der Waals surface area contributed by atoms with Gasteiger partial charge in [0.1, 0.15) is 11.1 Å². The molecule has 3 fully saturated rings. The minimum absolute atomic E-state index is 0. The van der Waals surface area contributed by atoms with Gasteiger partial charge in [-0.3, -0.25) is 4.79 Å². The summed E-state index contributed by atoms with van der Waals surface area (Å²) in [7, 11) is -1.11. The molecule has 50 heavy (non-hydrogen) atoms. The molecule has 0 aromatic heterocycles. The van der Waals surface area contributed by atoms with E-state index in [2.05, 4.69) is 64.1 Å². The average Bonchev–Trinajstić information content (AvgIpc) is 3.10. The number of nitrogens with zero attached hydrogens (tertiary/aromatic N) is 1. The number of carbonyl (C=O) groups is 1. The second-order valence-corrected chi connectivity index (χ2v) is 18.0. The summed E-state index contributed by atoms with van der Waals surface area (Å²) in [6, 6.07) is 25.8. The number of anilines is 2. The Labute approximate surface area is 316 Å². The molecule has 3 saturated carbocycles. The zero-order valence-electron chi connectivity index (χ0n) is 29.3. The van der Waals surface area contributed by atoms with Gasteiger partial charge in [0.15, 0.2) is 0 Å². The van der Waals surface area contributed by atoms with E-state index in [-0.39, 0.29) is 45.6 Å². The summed E-state index contributed by atoms with van der Waals surface area (Å²) in [5.74, 6) is -0.579. The molecule has 0 spiro atoms. The van der Waals surface area contributed by atoms with E-state index in [9.17, 15) is 17.1 Å². The molecule has 3 aromatic rings. The van der Waals surface area contributed by atoms with Crippen LogP contribution in [0.5, 0.6) is 5.75 Å². The predicted molar refractivity (Wildman–Crippen MR) is 202 cm³/mol. The van der Waals surface area contributed by atoms with Crippen LogP contribution in [0.1, 0.15) is 100 Å². The maximum absolute atomic E-state index is 12.6. The first-order valence-corrected chi connectivity index (χ1v) is 21.0. The van der Waals surface area contributed by atoms with Crippen LogP contribution in [0.4, 0.5) is 15.3 Å². The normalized spacial score (nSPS) is 20.1. The van der Waals surface area contributed by atoms with E-state index >= 15 is 0 Å². The van der Waals surface area contributed by atoms with Crippen molar-refractivity contribution in [3.8, 4) is 5.75 Å². The molecule has 7 nitrogen and oxygen atoms in total. The molecule has 277 valence electrons. The van der Waals surface area contributed by atoms with Crippen LogP contribution >= 0.6 is 7.92 Å². The van der Waals surface area contributed by atoms with Gasteiger partial charge in [-0.15, -0.1) is 12.1 Å². The summed E-state index contributed by atoms with van der Waals surface area (Å²) in [5, 5.41) is 8.16. The Bertz CT molecular complexity index is 1560. The van der Waals surface area contributed by atoms with E-state index in [1.54, 1.807) is 5.30 Å². The van der Waals surface area contributed by atoms with Gasteiger partial charge in [0.05, 0.1) is 17.0 Å². The van der Waals surface area contributed by atoms with Crippen molar-refractivity contribution < 1.29 is 43.7 Å². The number of rotatable bonds is 10. The van der Waals surface area contributed by atoms with Gasteiger partial charge in [0, 0.05) is 62.0 Å². The van der Waals surface area contributed by atoms with E-state index in [1.807, 2.05) is 24.3 Å². The van der Waals surface area contributed by atoms with Gasteiger partial charge in [0.25, 0.3) is 5.91 Å². The Kier molecular flexibility index (Phi) is 16.1. The minimum atomic E-state index is -5.12. The third kappa shape index (κ3) is 12.4. The largest absolute Gasteiger partial charge is 0.488 e. The molecule has 0 saturated heterocycles. The average molecular weight is 907 g/mol. The van der Waals surface area contributed by atoms with Crippen molar-refractivity contribution in [1.82, 2.24) is 5.32 Å². The smallest absolute Gasteiger partial charge is 0.404 e. The number of benzene rings is 3. The topological polar surface area (TPSA) is 87.7 Å². The van der Waals surface area contributed by atoms with Crippen LogP contribution in [0.3, 0.4) is 0 Å². The van der Waals surface area contributed by atoms with Crippen molar-refractivity contribution in [2.45, 2.75) is 113 Å². The molecule has 0 bridgehead atoms. The van der Waals surface area contributed by atoms with Crippen LogP contribution in [0.15, 0.2) is 72.8 Å². The van der Waals surface area contributed by atoms with Gasteiger partial charge in [-0.2, -0.15) is 26.6 Å². The Morgan fingerprint density at radius 3 is 1.96 bits per heavy atom. The van der Waals surface area contributed by atoms with Gasteiger partial charge in [-0.1, -0.05) is 40.6 Å². The monoisotopic (exact) mass is 906 g/mol. The standard InChI is InChI=1S/C20H32NP.C19H20FN2O4S.Au/c1-21(2)19-15-9-10-16-20(19)22(17-11-5-3-6-12-17)18-13-7-4-8-14-18;20-27(24,25)26-18-8-4-5-14(13-18)19(23)22-17-11-9-16(10-12-17)21-15-6-2-1-3-7-15;/h9-10,15-18H,3-8,11-14H2,1-2H3;2-8,13,16-17,21H,9-12H2,(H,22,23);/q;-1;/p+1. The fraction of sp³-hybridized carbons (Fsp3) is 0.513. The van der Waals surface area contributed by atoms with E-state index in [4.69, 9.17) is 0 Å². The Balaban J connectivity index is 0.000000225. The minimum Gasteiger partial charge on any atom is -0.404 e. The maximum atomic E-state index is 12.6. The fourth-order valence-corrected chi connectivity index (χ4v) is 12.7. The number of halogens is 1. The van der Waals surface area contributed by atoms with Gasteiger partial charge >= 0.3 is 10.5 Å². The van der Waals surface area contributed by atoms with Crippen molar-refractivity contribution in [1.29, 1.82) is 0 Å². The first kappa shape index (κ1) is 40.4. The molecule has 1 amide bonds. The summed E-state index contributed by atoms with van der Waals surface area (Å²) in [6.45, 7) is 0. The summed E-state index contributed by atoms with van der Waals surface area (Å²) in [4.78, 5) is 14.7. The number of amides is 1. The first-order chi connectivity index (χ1) is 23.7. The van der Waals surface area contributed by atoms with Crippen molar-refractivity contribution >= 4 is 41.0 Å². The second kappa shape index (κ2) is 20.0. The quantitative estimate of drug-likeness (QED) is 0.0920. The molecule has 0 unspecified atom stereocenters. The predicted octanol–water partition coefficient (Wildman–Crippen LogP) is 8.49. The van der Waals surface area contributed by atoms with Gasteiger partial charge < -0.3 is 19.7 Å². The van der Waals surface area contributed by atoms with E-state index in [0.717, 1.165) is 42.7 Å². The van der Waals surface area contributed by atoms with Gasteiger partial charge in [0.2, 0.25) is 0 Å². The zero-order chi connectivity index (χ0) is 34.6. The van der Waals surface area contributed by atoms with Crippen LogP contribution in [0, 0.1) is 6.07 Å². The molecule has 0 aliphatic heterocycles. The van der Waals surface area contributed by atoms with Crippen molar-refractivity contribution in [2.24, 2.45) is 0 Å². The van der Waals surface area contributed by atoms with Crippen LogP contribution in [0.2, 0.25) is 0 Å². The molecule has 0 heterocycles. The molecule has 11 heteroatoms. The zero-order valence-corrected chi connectivity index (χ0v) is 33.3. The van der Waals surface area contributed by atoms with E-state index < -0.39 is 18.4 Å². The molecular weight excluding hydrogens is 853 g/mol. The van der Waals surface area contributed by atoms with Crippen LogP contribution < -0.4 is 25.0 Å². The van der Waals surface area contributed by atoms with Crippen molar-refractivity contribution in [3.05, 3.63) is 84.4 Å². The molecule has 1 radical (unpaired) electrons. The van der Waals surface area contributed by atoms with E-state index in [1.165, 1.54) is 94.2 Å². The second-order valence-electron chi connectivity index (χ2n) is 14.0. The fourth-order valence-electron chi connectivity index (χ4n) is 7.88. The Morgan fingerprint density at radius 1 is 0.800 bits per heavy atom. The molecule has 2 N–H and O–H groups in total. The molecule has 0 atom stereocenters. The van der Waals surface area contributed by atoms with Crippen molar-refractivity contribution in [2.75, 3.05) is 24.3 Å². The molecule has 3 aliphatic rings. The van der Waals surface area contributed by atoms with Crippen molar-refractivity contribution in [3.63, 3.8) is 0 Å². The summed E-state index contributed by atoms with van der Waals surface area (Å²) >= 11 is 0. The van der Waals surface area contributed by atoms with Crippen LogP contribution in [-0.4, -0.2) is 51.8 Å². The number of nitrogens with one attached hydrogen (secondary N) is 2. The maximum Gasteiger partial charge on any atom is 0.488 e. The summed E-state index contributed by atoms with van der Waals surface area (Å²) in [5.41, 5.74) is 4.84. The number of para-hydroxylation sites is 1. The number of hydrogen-bond acceptors (Lipinski definition) is 6. The Morgan fingerprint density at radius 2 is 1.38 bits per heavy atom. The summed E-state index contributed by atoms with van der Waals surface area (Å²) in [6.07, 6.45) is 18.4. The molecule has 3 aromatic carbocycles. The van der Waals surface area contributed by atoms with Gasteiger partial charge in [-0.05, 0) is 107 Å². The third-order valence-electron chi connectivity index (χ3n) is 10.2. The molecular formula is C39H53AuFN3O4PS. The van der Waals surface area contributed by atoms with Crippen LogP contribution in [0.25, 0.3) is 0 Å². The summed E-state index contributed by atoms with van der Waals surface area (Å²) < 4.78 is 37.9. The van der Waals surface area contributed by atoms with E-state index in [0.29, 0.717) is 6.04 Å². The third-order valence-corrected chi connectivity index (χ3v) is 14.6. The first-order valence-electron chi connectivity index (χ1n) is 18.1. The molecule has 3 aliphatic carbocycles. The number of carbonyl (C=O) groups excluding carboxylic acids is 1. The van der Waals surface area contributed by atoms with Gasteiger partial charge in [-0.25, -0.2) is 0 Å². The SMILES string of the molecule is CN(C)c1ccccc1[PH+](C1CCCCC1)C1CCCCC1.O=C(NC1CCC(Nc2cc[c-]cc2)CC1)c1cccc(OS(=O)(=O)F)c1.[Au]. The Hall–Kier alpha value is -2.42. The molecule has 6 rings (SSSR count).